The van der Waals surface area contributed by atoms with Crippen LogP contribution in [0.1, 0.15) is 22.8 Å². The zero-order valence-electron chi connectivity index (χ0n) is 17.7. The van der Waals surface area contributed by atoms with Crippen molar-refractivity contribution in [3.63, 3.8) is 0 Å². The predicted molar refractivity (Wildman–Crippen MR) is 125 cm³/mol. The average Bonchev–Trinajstić information content (AvgIpc) is 3.54. The number of hydrogen-bond acceptors (Lipinski definition) is 6. The third kappa shape index (κ3) is 2.65. The standard InChI is InChI=1S/C25H19FN2O4S2/c26-11-3-5-12(6-4-11)28-23(30)18-14-9-15(19(18)24(28)31)20-17(14)16(10-1-7-13(29)8-2-10)21-22(33-20)27-25(32)34-21/h1-8,14-20,29H,9H2,(H,27,32)/t14-,15-,16+,17+,18+,19+,20-/m1/s1. The van der Waals surface area contributed by atoms with Crippen LogP contribution in [0.2, 0.25) is 0 Å². The maximum absolute atomic E-state index is 13.6. The number of anilines is 1. The highest BCUT2D eigenvalue weighted by atomic mass is 32.2. The van der Waals surface area contributed by atoms with Crippen molar-refractivity contribution in [2.75, 3.05) is 4.90 Å². The van der Waals surface area contributed by atoms with Gasteiger partial charge in [-0.3, -0.25) is 19.3 Å². The van der Waals surface area contributed by atoms with Gasteiger partial charge in [-0.05, 0) is 66.1 Å². The first-order chi connectivity index (χ1) is 16.4. The number of aromatic hydroxyl groups is 1. The minimum atomic E-state index is -0.414. The molecular formula is C25H19FN2O4S2. The Bertz CT molecular complexity index is 1400. The van der Waals surface area contributed by atoms with Crippen LogP contribution in [0.4, 0.5) is 10.1 Å². The molecule has 3 heterocycles. The van der Waals surface area contributed by atoms with Gasteiger partial charge in [-0.15, -0.1) is 11.8 Å². The van der Waals surface area contributed by atoms with E-state index in [2.05, 4.69) is 4.98 Å². The molecule has 2 bridgehead atoms. The molecule has 0 unspecified atom stereocenters. The number of amides is 2. The Hall–Kier alpha value is -2.91. The number of thioether (sulfide) groups is 1. The van der Waals surface area contributed by atoms with E-state index < -0.39 is 11.7 Å². The molecule has 1 saturated heterocycles. The molecule has 2 aliphatic heterocycles. The van der Waals surface area contributed by atoms with E-state index in [1.165, 1.54) is 40.5 Å². The van der Waals surface area contributed by atoms with Gasteiger partial charge in [-0.1, -0.05) is 23.5 Å². The number of phenolic OH excluding ortho intramolecular Hbond substituents is 1. The number of carbonyl (C=O) groups is 2. The van der Waals surface area contributed by atoms with E-state index in [1.807, 2.05) is 12.1 Å². The van der Waals surface area contributed by atoms with Crippen molar-refractivity contribution in [3.8, 4) is 5.75 Å². The first-order valence-corrected chi connectivity index (χ1v) is 12.9. The van der Waals surface area contributed by atoms with E-state index in [9.17, 15) is 23.9 Å². The second-order valence-electron chi connectivity index (χ2n) is 9.54. The molecule has 0 radical (unpaired) electrons. The van der Waals surface area contributed by atoms with Crippen molar-refractivity contribution in [2.45, 2.75) is 22.6 Å². The van der Waals surface area contributed by atoms with Gasteiger partial charge >= 0.3 is 4.87 Å². The fourth-order valence-corrected chi connectivity index (χ4v) is 9.81. The van der Waals surface area contributed by atoms with Crippen molar-refractivity contribution in [1.29, 1.82) is 0 Å². The Labute approximate surface area is 201 Å². The summed E-state index contributed by atoms with van der Waals surface area (Å²) in [6.45, 7) is 0. The molecule has 2 aliphatic carbocycles. The summed E-state index contributed by atoms with van der Waals surface area (Å²) in [6, 6.07) is 12.6. The number of hydrogen-bond donors (Lipinski definition) is 2. The van der Waals surface area contributed by atoms with E-state index in [4.69, 9.17) is 0 Å². The lowest BCUT2D eigenvalue weighted by atomic mass is 9.68. The van der Waals surface area contributed by atoms with Gasteiger partial charge in [0.2, 0.25) is 11.8 Å². The lowest BCUT2D eigenvalue weighted by Crippen LogP contribution is -2.42. The number of fused-ring (bicyclic) bond motifs is 9. The number of phenols is 1. The fraction of sp³-hybridized carbons (Fsp3) is 0.320. The number of rotatable bonds is 2. The van der Waals surface area contributed by atoms with Crippen LogP contribution >= 0.6 is 23.1 Å². The van der Waals surface area contributed by atoms with Crippen molar-refractivity contribution in [1.82, 2.24) is 4.98 Å². The van der Waals surface area contributed by atoms with Crippen LogP contribution < -0.4 is 9.77 Å². The summed E-state index contributed by atoms with van der Waals surface area (Å²) in [5, 5.41) is 10.8. The number of aromatic nitrogens is 1. The van der Waals surface area contributed by atoms with Crippen molar-refractivity contribution < 1.29 is 19.1 Å². The van der Waals surface area contributed by atoms with Crippen molar-refractivity contribution in [3.05, 3.63) is 74.5 Å². The number of nitrogens with zero attached hydrogens (tertiary/aromatic N) is 1. The Kier molecular flexibility index (Phi) is 4.24. The normalized spacial score (nSPS) is 33.2. The molecule has 2 aromatic carbocycles. The van der Waals surface area contributed by atoms with Crippen LogP contribution in [0, 0.1) is 35.4 Å². The molecule has 34 heavy (non-hydrogen) atoms. The highest BCUT2D eigenvalue weighted by molar-refractivity contribution is 8.00. The zero-order chi connectivity index (χ0) is 23.3. The maximum atomic E-state index is 13.6. The van der Waals surface area contributed by atoms with Crippen molar-refractivity contribution in [2.24, 2.45) is 29.6 Å². The summed E-state index contributed by atoms with van der Waals surface area (Å²) in [4.78, 5) is 44.5. The van der Waals surface area contributed by atoms with E-state index in [0.717, 1.165) is 21.9 Å². The Morgan fingerprint density at radius 1 is 0.941 bits per heavy atom. The van der Waals surface area contributed by atoms with Gasteiger partial charge in [-0.25, -0.2) is 4.39 Å². The molecule has 172 valence electrons. The summed E-state index contributed by atoms with van der Waals surface area (Å²) in [5.74, 6) is -1.36. The number of aromatic amines is 1. The third-order valence-electron chi connectivity index (χ3n) is 8.06. The zero-order valence-corrected chi connectivity index (χ0v) is 19.3. The molecule has 2 saturated carbocycles. The second-order valence-corrected chi connectivity index (χ2v) is 11.7. The first kappa shape index (κ1) is 20.5. The molecule has 6 nitrogen and oxygen atoms in total. The van der Waals surface area contributed by atoms with E-state index in [0.29, 0.717) is 5.69 Å². The molecule has 0 spiro atoms. The number of H-pyrrole nitrogens is 1. The first-order valence-electron chi connectivity index (χ1n) is 11.2. The van der Waals surface area contributed by atoms with Crippen LogP contribution in [0.3, 0.4) is 0 Å². The summed E-state index contributed by atoms with van der Waals surface area (Å²) in [6.07, 6.45) is 0.806. The largest absolute Gasteiger partial charge is 0.508 e. The summed E-state index contributed by atoms with van der Waals surface area (Å²) in [7, 11) is 0. The topological polar surface area (TPSA) is 90.5 Å². The SMILES string of the molecule is O=C1[C@H]2[C@H]3C[C@@H]([C@@H]2C(=O)N1c1ccc(F)cc1)[C@H]1[C@H](c2ccc(O)cc2)c2sc(=O)[nH]c2S[C@H]31. The number of halogens is 1. The minimum absolute atomic E-state index is 0.0125. The predicted octanol–water partition coefficient (Wildman–Crippen LogP) is 3.96. The van der Waals surface area contributed by atoms with E-state index >= 15 is 0 Å². The molecule has 2 amide bonds. The van der Waals surface area contributed by atoms with E-state index in [-0.39, 0.29) is 57.3 Å². The van der Waals surface area contributed by atoms with Crippen LogP contribution in [-0.2, 0) is 9.59 Å². The van der Waals surface area contributed by atoms with Crippen LogP contribution in [-0.4, -0.2) is 27.2 Å². The van der Waals surface area contributed by atoms with Gasteiger partial charge < -0.3 is 10.1 Å². The maximum Gasteiger partial charge on any atom is 0.305 e. The molecular weight excluding hydrogens is 475 g/mol. The molecule has 9 heteroatoms. The lowest BCUT2D eigenvalue weighted by molar-refractivity contribution is -0.123. The lowest BCUT2D eigenvalue weighted by Gasteiger charge is -2.43. The number of benzene rings is 2. The Morgan fingerprint density at radius 3 is 2.32 bits per heavy atom. The number of nitrogens with one attached hydrogen (secondary N) is 1. The molecule has 3 fully saturated rings. The van der Waals surface area contributed by atoms with E-state index in [1.54, 1.807) is 23.9 Å². The van der Waals surface area contributed by atoms with Crippen molar-refractivity contribution >= 4 is 40.6 Å². The van der Waals surface area contributed by atoms with Gasteiger partial charge in [0.25, 0.3) is 0 Å². The fourth-order valence-electron chi connectivity index (χ4n) is 6.92. The Morgan fingerprint density at radius 2 is 1.62 bits per heavy atom. The number of thiazole rings is 1. The highest BCUT2D eigenvalue weighted by Gasteiger charge is 2.69. The van der Waals surface area contributed by atoms with Gasteiger partial charge in [0.15, 0.2) is 0 Å². The van der Waals surface area contributed by atoms with Gasteiger partial charge in [-0.2, -0.15) is 0 Å². The van der Waals surface area contributed by atoms with Gasteiger partial charge in [0, 0.05) is 16.0 Å². The molecule has 7 atom stereocenters. The third-order valence-corrected chi connectivity index (χ3v) is 10.6. The van der Waals surface area contributed by atoms with Crippen LogP contribution in [0.15, 0.2) is 58.4 Å². The highest BCUT2D eigenvalue weighted by Crippen LogP contribution is 2.68. The average molecular weight is 495 g/mol. The summed E-state index contributed by atoms with van der Waals surface area (Å²) < 4.78 is 13.5. The number of carbonyl (C=O) groups excluding carboxylic acids is 2. The molecule has 2 N–H and O–H groups in total. The monoisotopic (exact) mass is 494 g/mol. The van der Waals surface area contributed by atoms with Gasteiger partial charge in [0.05, 0.1) is 22.5 Å². The second kappa shape index (κ2) is 7.05. The summed E-state index contributed by atoms with van der Waals surface area (Å²) >= 11 is 2.84. The molecule has 3 aromatic rings. The quantitative estimate of drug-likeness (QED) is 0.527. The molecule has 7 rings (SSSR count). The molecule has 1 aromatic heterocycles. The minimum Gasteiger partial charge on any atom is -0.508 e. The van der Waals surface area contributed by atoms with Crippen LogP contribution in [0.5, 0.6) is 5.75 Å². The van der Waals surface area contributed by atoms with Gasteiger partial charge in [0.1, 0.15) is 11.6 Å². The Balaban J connectivity index is 1.32. The molecule has 4 aliphatic rings. The summed E-state index contributed by atoms with van der Waals surface area (Å²) in [5.41, 5.74) is 1.42. The number of imide groups is 1. The smallest absolute Gasteiger partial charge is 0.305 e. The van der Waals surface area contributed by atoms with Crippen LogP contribution in [0.25, 0.3) is 0 Å².